The molecule has 0 unspecified atom stereocenters. The van der Waals surface area contributed by atoms with Crippen LogP contribution in [-0.2, 0) is 26.2 Å². The number of amides is 3. The summed E-state index contributed by atoms with van der Waals surface area (Å²) in [4.78, 5) is 99.1. The summed E-state index contributed by atoms with van der Waals surface area (Å²) < 4.78 is 0. The van der Waals surface area contributed by atoms with Gasteiger partial charge in [0.15, 0.2) is 0 Å². The summed E-state index contributed by atoms with van der Waals surface area (Å²) in [5, 5.41) is 41.0. The fraction of sp³-hybridized carbons (Fsp3) is 0.635. The molecule has 3 saturated carbocycles. The van der Waals surface area contributed by atoms with Crippen LogP contribution in [0.5, 0.6) is 0 Å². The van der Waals surface area contributed by atoms with Gasteiger partial charge in [-0.05, 0) is 163 Å². The molecule has 4 aliphatic heterocycles. The number of aliphatic carboxylic acids is 3. The monoisotopic (exact) mass is 1310 g/mol. The Kier molecular flexibility index (Phi) is 27.2. The Hall–Kier alpha value is -7.55. The number of hydrogen-bond donors (Lipinski definition) is 7. The fourth-order valence-corrected chi connectivity index (χ4v) is 15.4. The molecule has 7 fully saturated rings. The predicted octanol–water partition coefficient (Wildman–Crippen LogP) is 11.0. The van der Waals surface area contributed by atoms with Crippen LogP contribution < -0.4 is 45.8 Å². The van der Waals surface area contributed by atoms with Gasteiger partial charge in [0.25, 0.3) is 17.7 Å². The molecule has 3 amide bonds. The summed E-state index contributed by atoms with van der Waals surface area (Å²) >= 11 is 0. The molecule has 7 aliphatic rings. The first-order valence-corrected chi connectivity index (χ1v) is 36.1. The number of anilines is 5. The maximum Gasteiger partial charge on any atom is 0.304 e. The zero-order valence-corrected chi connectivity index (χ0v) is 57.0. The lowest BCUT2D eigenvalue weighted by atomic mass is 9.74. The molecule has 21 nitrogen and oxygen atoms in total. The summed E-state index contributed by atoms with van der Waals surface area (Å²) in [6.07, 6.45) is 27.0. The van der Waals surface area contributed by atoms with Crippen LogP contribution in [-0.4, -0.2) is 164 Å². The highest BCUT2D eigenvalue weighted by molar-refractivity contribution is 6.01. The minimum absolute atomic E-state index is 0.00903. The summed E-state index contributed by atoms with van der Waals surface area (Å²) in [7, 11) is 3.95. The topological polar surface area (TPSA) is 266 Å². The number of carboxylic acids is 3. The number of rotatable bonds is 23. The van der Waals surface area contributed by atoms with E-state index in [4.69, 9.17) is 25.2 Å². The van der Waals surface area contributed by atoms with Gasteiger partial charge in [0, 0.05) is 109 Å². The van der Waals surface area contributed by atoms with Crippen molar-refractivity contribution in [3.8, 4) is 0 Å². The lowest BCUT2D eigenvalue weighted by Crippen LogP contribution is -2.45. The summed E-state index contributed by atoms with van der Waals surface area (Å²) in [5.74, 6) is 1.68. The van der Waals surface area contributed by atoms with E-state index in [1.165, 1.54) is 50.5 Å². The third-order valence-corrected chi connectivity index (χ3v) is 20.5. The number of carbonyl (C=O) groups excluding carboxylic acids is 3. The van der Waals surface area contributed by atoms with Crippen molar-refractivity contribution in [2.75, 3.05) is 104 Å². The van der Waals surface area contributed by atoms with E-state index in [1.54, 1.807) is 0 Å². The summed E-state index contributed by atoms with van der Waals surface area (Å²) in [6, 6.07) is 22.4. The van der Waals surface area contributed by atoms with Crippen molar-refractivity contribution in [1.29, 1.82) is 0 Å². The van der Waals surface area contributed by atoms with Crippen molar-refractivity contribution in [1.82, 2.24) is 36.2 Å². The molecular formula is C74H108N12O9. The highest BCUT2D eigenvalue weighted by Crippen LogP contribution is 2.37. The molecule has 21 heteroatoms. The first kappa shape index (κ1) is 71.7. The Morgan fingerprint density at radius 1 is 0.516 bits per heavy atom. The number of likely N-dealkylation sites (N-methyl/N-ethyl adjacent to an activating group) is 1. The quantitative estimate of drug-likeness (QED) is 0.0364. The standard InChI is InChI=1S/C28H38N4O3.C23H34N4O3.C23H36N4O3/c1-32(18-15-21-9-4-2-5-10-21)26-23(27(35)30-22-11-6-3-7-12-22)13-14-24(31-26)28(19-25(33)34)16-8-17-29-20-28;28-21(29)15-17-7-6-14-27(16-17)20-11-10-19(22(25-20)26-12-4-5-13-26)23(30)24-18-8-2-1-3-9-18;1-3-13-26(2)22-19(23(30)24-18-9-5-4-6-10-18)11-12-20(25-22)27-14-7-8-17(16-27)15-21(28)29/h2,4-5,9-10,13-14,22,29H,3,6-8,11-12,15-20H2,1H3,(H,30,35)(H,33,34);10-11,17-18H,1-9,12-16H2,(H,24,30)(H,28,29);11-12,17-18H,3-10,13-16H2,1-2H3,(H,24,30)(H,28,29)/t28-;2*17-/m000/s1. The molecule has 7 heterocycles. The van der Waals surface area contributed by atoms with Crippen LogP contribution in [0, 0.1) is 11.8 Å². The largest absolute Gasteiger partial charge is 0.481 e. The number of carbonyl (C=O) groups is 6. The van der Waals surface area contributed by atoms with Crippen LogP contribution in [0.3, 0.4) is 0 Å². The lowest BCUT2D eigenvalue weighted by molar-refractivity contribution is -0.139. The van der Waals surface area contributed by atoms with Gasteiger partial charge in [-0.25, -0.2) is 15.0 Å². The van der Waals surface area contributed by atoms with Crippen molar-refractivity contribution in [2.24, 2.45) is 11.8 Å². The minimum Gasteiger partial charge on any atom is -0.481 e. The number of carboxylic acid groups (broad SMARTS) is 3. The molecule has 3 aliphatic carbocycles. The number of aromatic nitrogens is 3. The molecule has 3 atom stereocenters. The normalized spacial score (nSPS) is 21.2. The van der Waals surface area contributed by atoms with E-state index in [0.717, 1.165) is 178 Å². The van der Waals surface area contributed by atoms with Crippen LogP contribution in [0.2, 0.25) is 0 Å². The molecule has 0 bridgehead atoms. The molecular weight excluding hydrogens is 1200 g/mol. The van der Waals surface area contributed by atoms with Crippen molar-refractivity contribution < 1.29 is 44.1 Å². The lowest BCUT2D eigenvalue weighted by Gasteiger charge is -2.37. The zero-order valence-electron chi connectivity index (χ0n) is 57.0. The van der Waals surface area contributed by atoms with E-state index in [1.807, 2.05) is 73.6 Å². The van der Waals surface area contributed by atoms with Crippen molar-refractivity contribution in [3.05, 3.63) is 94.7 Å². The third-order valence-electron chi connectivity index (χ3n) is 20.5. The fourth-order valence-electron chi connectivity index (χ4n) is 15.4. The average molecular weight is 1310 g/mol. The maximum absolute atomic E-state index is 13.4. The Bertz CT molecular complexity index is 3140. The van der Waals surface area contributed by atoms with Crippen LogP contribution in [0.15, 0.2) is 66.7 Å². The van der Waals surface area contributed by atoms with Gasteiger partial charge in [0.2, 0.25) is 0 Å². The highest BCUT2D eigenvalue weighted by atomic mass is 16.4. The molecule has 3 aromatic heterocycles. The Balaban J connectivity index is 0.000000168. The Morgan fingerprint density at radius 2 is 0.989 bits per heavy atom. The van der Waals surface area contributed by atoms with Crippen LogP contribution in [0.25, 0.3) is 0 Å². The summed E-state index contributed by atoms with van der Waals surface area (Å²) in [5.41, 5.74) is 3.26. The Labute approximate surface area is 563 Å². The van der Waals surface area contributed by atoms with Crippen molar-refractivity contribution in [3.63, 3.8) is 0 Å². The molecule has 11 rings (SSSR count). The Morgan fingerprint density at radius 3 is 1.48 bits per heavy atom. The van der Waals surface area contributed by atoms with Crippen LogP contribution >= 0.6 is 0 Å². The minimum atomic E-state index is -0.825. The molecule has 518 valence electrons. The van der Waals surface area contributed by atoms with E-state index in [2.05, 4.69) is 59.9 Å². The highest BCUT2D eigenvalue weighted by Gasteiger charge is 2.39. The molecule has 7 N–H and O–H groups in total. The zero-order chi connectivity index (χ0) is 67.1. The van der Waals surface area contributed by atoms with Gasteiger partial charge in [-0.3, -0.25) is 28.8 Å². The molecule has 0 spiro atoms. The average Bonchev–Trinajstić information content (AvgIpc) is 1.19. The van der Waals surface area contributed by atoms with Gasteiger partial charge in [0.05, 0.1) is 28.8 Å². The SMILES string of the molecule is CCCN(C)c1nc(N2CCC[C@@H](CC(=O)O)C2)ccc1C(=O)NC1CCCCC1.CN(CCc1ccccc1)c1nc([C@]2(CC(=O)O)CCCNC2)ccc1C(=O)NC1CCCCC1.O=C(O)C[C@@H]1CCCN(c2ccc(C(=O)NC3CCCCC3)c(N3CCCC3)n2)C1. The van der Waals surface area contributed by atoms with E-state index in [9.17, 15) is 33.9 Å². The van der Waals surface area contributed by atoms with E-state index in [0.29, 0.717) is 54.5 Å². The third kappa shape index (κ3) is 21.0. The second-order valence-corrected chi connectivity index (χ2v) is 28.1. The number of nitrogens with one attached hydrogen (secondary N) is 4. The van der Waals surface area contributed by atoms with Crippen molar-refractivity contribution in [2.45, 2.75) is 210 Å². The first-order chi connectivity index (χ1) is 46.0. The second-order valence-electron chi connectivity index (χ2n) is 28.1. The van der Waals surface area contributed by atoms with Gasteiger partial charge in [-0.2, -0.15) is 0 Å². The molecule has 4 aromatic rings. The number of hydrogen-bond acceptors (Lipinski definition) is 15. The second kappa shape index (κ2) is 36.0. The van der Waals surface area contributed by atoms with Gasteiger partial charge >= 0.3 is 17.9 Å². The van der Waals surface area contributed by atoms with E-state index < -0.39 is 23.3 Å². The van der Waals surface area contributed by atoms with Crippen molar-refractivity contribution >= 4 is 64.7 Å². The first-order valence-electron chi connectivity index (χ1n) is 36.1. The van der Waals surface area contributed by atoms with Gasteiger partial charge in [-0.15, -0.1) is 0 Å². The van der Waals surface area contributed by atoms with E-state index >= 15 is 0 Å². The molecule has 1 aromatic carbocycles. The summed E-state index contributed by atoms with van der Waals surface area (Å²) in [6.45, 7) is 10.1. The van der Waals surface area contributed by atoms with E-state index in [-0.39, 0.29) is 66.9 Å². The molecule has 95 heavy (non-hydrogen) atoms. The van der Waals surface area contributed by atoms with Crippen LogP contribution in [0.4, 0.5) is 29.1 Å². The number of piperidine rings is 3. The predicted molar refractivity (Wildman–Crippen MR) is 375 cm³/mol. The van der Waals surface area contributed by atoms with Gasteiger partial charge < -0.3 is 61.1 Å². The molecule has 0 radical (unpaired) electrons. The number of pyridine rings is 3. The van der Waals surface area contributed by atoms with Gasteiger partial charge in [-0.1, -0.05) is 95.0 Å². The maximum atomic E-state index is 13.4. The molecule has 4 saturated heterocycles. The van der Waals surface area contributed by atoms with Crippen LogP contribution in [0.1, 0.15) is 223 Å². The van der Waals surface area contributed by atoms with Gasteiger partial charge in [0.1, 0.15) is 29.1 Å². The smallest absolute Gasteiger partial charge is 0.304 e. The number of benzene rings is 1. The number of nitrogens with zero attached hydrogens (tertiary/aromatic N) is 8.